The summed E-state index contributed by atoms with van der Waals surface area (Å²) < 4.78 is 0. The van der Waals surface area contributed by atoms with Crippen LogP contribution in [0.4, 0.5) is 0 Å². The van der Waals surface area contributed by atoms with E-state index in [0.29, 0.717) is 23.6 Å². The van der Waals surface area contributed by atoms with Crippen LogP contribution in [0.2, 0.25) is 5.02 Å². The number of benzene rings is 2. The van der Waals surface area contributed by atoms with Gasteiger partial charge in [-0.05, 0) is 36.2 Å². The van der Waals surface area contributed by atoms with Gasteiger partial charge < -0.3 is 5.32 Å². The van der Waals surface area contributed by atoms with Gasteiger partial charge in [-0.3, -0.25) is 9.59 Å². The van der Waals surface area contributed by atoms with Crippen LogP contribution in [0, 0.1) is 0 Å². The van der Waals surface area contributed by atoms with E-state index in [-0.39, 0.29) is 18.2 Å². The first-order valence-electron chi connectivity index (χ1n) is 7.56. The van der Waals surface area contributed by atoms with E-state index in [0.717, 1.165) is 5.56 Å². The molecule has 0 unspecified atom stereocenters. The van der Waals surface area contributed by atoms with Gasteiger partial charge in [0.25, 0.3) is 5.91 Å². The Morgan fingerprint density at radius 1 is 1.04 bits per heavy atom. The summed E-state index contributed by atoms with van der Waals surface area (Å²) >= 11 is 5.78. The number of nitrogens with one attached hydrogen (secondary N) is 2. The Labute approximate surface area is 145 Å². The standard InChI is InChI=1S/C18H18ClN3O2/c19-16-10-8-14(9-11-16)13-21-22-17(23)7-4-12-20-18(24)15-5-2-1-3-6-15/h1-3,5-6,8-11,13H,4,7,12H2,(H,20,24)(H,22,23)/b21-13+. The molecule has 2 N–H and O–H groups in total. The molecule has 0 radical (unpaired) electrons. The van der Waals surface area contributed by atoms with E-state index >= 15 is 0 Å². The van der Waals surface area contributed by atoms with Crippen molar-refractivity contribution >= 4 is 29.6 Å². The summed E-state index contributed by atoms with van der Waals surface area (Å²) in [6, 6.07) is 16.1. The third-order valence-corrected chi connectivity index (χ3v) is 3.43. The normalized spacial score (nSPS) is 10.5. The van der Waals surface area contributed by atoms with Gasteiger partial charge in [-0.25, -0.2) is 5.43 Å². The predicted octanol–water partition coefficient (Wildman–Crippen LogP) is 3.00. The fourth-order valence-electron chi connectivity index (χ4n) is 1.93. The quantitative estimate of drug-likeness (QED) is 0.461. The summed E-state index contributed by atoms with van der Waals surface area (Å²) in [5, 5.41) is 7.30. The highest BCUT2D eigenvalue weighted by atomic mass is 35.5. The van der Waals surface area contributed by atoms with Gasteiger partial charge in [-0.1, -0.05) is 41.9 Å². The summed E-state index contributed by atoms with van der Waals surface area (Å²) in [5.41, 5.74) is 3.90. The van der Waals surface area contributed by atoms with Crippen LogP contribution in [0.3, 0.4) is 0 Å². The maximum absolute atomic E-state index is 11.8. The molecule has 0 saturated carbocycles. The molecule has 0 aromatic heterocycles. The highest BCUT2D eigenvalue weighted by molar-refractivity contribution is 6.30. The van der Waals surface area contributed by atoms with Gasteiger partial charge in [-0.2, -0.15) is 5.10 Å². The topological polar surface area (TPSA) is 70.6 Å². The lowest BCUT2D eigenvalue weighted by Crippen LogP contribution is -2.26. The molecule has 0 aliphatic heterocycles. The number of amides is 2. The van der Waals surface area contributed by atoms with Crippen molar-refractivity contribution in [2.45, 2.75) is 12.8 Å². The molecule has 5 nitrogen and oxygen atoms in total. The van der Waals surface area contributed by atoms with Crippen molar-refractivity contribution < 1.29 is 9.59 Å². The van der Waals surface area contributed by atoms with Crippen LogP contribution in [0.1, 0.15) is 28.8 Å². The van der Waals surface area contributed by atoms with E-state index in [1.807, 2.05) is 6.07 Å². The van der Waals surface area contributed by atoms with E-state index in [1.54, 1.807) is 54.7 Å². The van der Waals surface area contributed by atoms with Crippen LogP contribution >= 0.6 is 11.6 Å². The minimum Gasteiger partial charge on any atom is -0.352 e. The first kappa shape index (κ1) is 17.7. The summed E-state index contributed by atoms with van der Waals surface area (Å²) in [7, 11) is 0. The van der Waals surface area contributed by atoms with Crippen LogP contribution in [-0.4, -0.2) is 24.6 Å². The Kier molecular flexibility index (Phi) is 6.98. The molecule has 24 heavy (non-hydrogen) atoms. The monoisotopic (exact) mass is 343 g/mol. The molecule has 2 amide bonds. The highest BCUT2D eigenvalue weighted by Crippen LogP contribution is 2.07. The van der Waals surface area contributed by atoms with Crippen LogP contribution in [0.5, 0.6) is 0 Å². The van der Waals surface area contributed by atoms with Crippen molar-refractivity contribution in [1.82, 2.24) is 10.7 Å². The van der Waals surface area contributed by atoms with Crippen molar-refractivity contribution in [2.75, 3.05) is 6.54 Å². The number of carbonyl (C=O) groups is 2. The van der Waals surface area contributed by atoms with Gasteiger partial charge in [0, 0.05) is 23.6 Å². The van der Waals surface area contributed by atoms with E-state index in [2.05, 4.69) is 15.8 Å². The number of halogens is 1. The van der Waals surface area contributed by atoms with E-state index < -0.39 is 0 Å². The van der Waals surface area contributed by atoms with E-state index in [1.165, 1.54) is 0 Å². The van der Waals surface area contributed by atoms with Crippen LogP contribution in [0.25, 0.3) is 0 Å². The van der Waals surface area contributed by atoms with Gasteiger partial charge in [0.2, 0.25) is 5.91 Å². The molecule has 2 rings (SSSR count). The van der Waals surface area contributed by atoms with Crippen LogP contribution in [0.15, 0.2) is 59.7 Å². The number of hydrazone groups is 1. The maximum Gasteiger partial charge on any atom is 0.251 e. The van der Waals surface area contributed by atoms with Crippen LogP contribution in [-0.2, 0) is 4.79 Å². The molecule has 0 saturated heterocycles. The molecular weight excluding hydrogens is 326 g/mol. The van der Waals surface area contributed by atoms with Crippen molar-refractivity contribution in [3.05, 3.63) is 70.7 Å². The molecule has 0 aliphatic carbocycles. The van der Waals surface area contributed by atoms with Crippen molar-refractivity contribution in [2.24, 2.45) is 5.10 Å². The summed E-state index contributed by atoms with van der Waals surface area (Å²) in [6.07, 6.45) is 2.37. The molecule has 0 spiro atoms. The largest absolute Gasteiger partial charge is 0.352 e. The molecule has 0 fully saturated rings. The van der Waals surface area contributed by atoms with E-state index in [4.69, 9.17) is 11.6 Å². The van der Waals surface area contributed by atoms with Gasteiger partial charge in [0.15, 0.2) is 0 Å². The fourth-order valence-corrected chi connectivity index (χ4v) is 2.05. The average molecular weight is 344 g/mol. The minimum atomic E-state index is -0.200. The second-order valence-electron chi connectivity index (χ2n) is 5.07. The molecule has 2 aromatic carbocycles. The lowest BCUT2D eigenvalue weighted by atomic mass is 10.2. The third-order valence-electron chi connectivity index (χ3n) is 3.18. The summed E-state index contributed by atoms with van der Waals surface area (Å²) in [5.74, 6) is -0.342. The Bertz CT molecular complexity index is 700. The third kappa shape index (κ3) is 6.22. The van der Waals surface area contributed by atoms with Gasteiger partial charge >= 0.3 is 0 Å². The lowest BCUT2D eigenvalue weighted by molar-refractivity contribution is -0.121. The fraction of sp³-hybridized carbons (Fsp3) is 0.167. The number of nitrogens with zero attached hydrogens (tertiary/aromatic N) is 1. The second-order valence-corrected chi connectivity index (χ2v) is 5.51. The predicted molar refractivity (Wildman–Crippen MR) is 95.2 cm³/mol. The SMILES string of the molecule is O=C(CCCNC(=O)c1ccccc1)N/N=C/c1ccc(Cl)cc1. The van der Waals surface area contributed by atoms with Gasteiger partial charge in [0.05, 0.1) is 6.21 Å². The van der Waals surface area contributed by atoms with Crippen molar-refractivity contribution in [3.63, 3.8) is 0 Å². The van der Waals surface area contributed by atoms with Gasteiger partial charge in [0.1, 0.15) is 0 Å². The molecule has 6 heteroatoms. The summed E-state index contributed by atoms with van der Waals surface area (Å²) in [6.45, 7) is 0.433. The Morgan fingerprint density at radius 3 is 2.46 bits per heavy atom. The minimum absolute atomic E-state index is 0.142. The zero-order chi connectivity index (χ0) is 17.2. The summed E-state index contributed by atoms with van der Waals surface area (Å²) in [4.78, 5) is 23.4. The molecular formula is C18H18ClN3O2. The molecule has 124 valence electrons. The Hall–Kier alpha value is -2.66. The lowest BCUT2D eigenvalue weighted by Gasteiger charge is -2.04. The maximum atomic E-state index is 11.8. The molecule has 0 aliphatic rings. The Balaban J connectivity index is 1.63. The molecule has 0 bridgehead atoms. The average Bonchev–Trinajstić information content (AvgIpc) is 2.61. The van der Waals surface area contributed by atoms with Crippen molar-refractivity contribution in [1.29, 1.82) is 0 Å². The number of rotatable bonds is 7. The van der Waals surface area contributed by atoms with Crippen molar-refractivity contribution in [3.8, 4) is 0 Å². The number of hydrogen-bond donors (Lipinski definition) is 2. The second kappa shape index (κ2) is 9.47. The Morgan fingerprint density at radius 2 is 1.75 bits per heavy atom. The first-order valence-corrected chi connectivity index (χ1v) is 7.93. The molecule has 2 aromatic rings. The van der Waals surface area contributed by atoms with Crippen LogP contribution < -0.4 is 10.7 Å². The first-order chi connectivity index (χ1) is 11.6. The molecule has 0 atom stereocenters. The number of hydrogen-bond acceptors (Lipinski definition) is 3. The zero-order valence-electron chi connectivity index (χ0n) is 13.0. The highest BCUT2D eigenvalue weighted by Gasteiger charge is 2.04. The van der Waals surface area contributed by atoms with Gasteiger partial charge in [-0.15, -0.1) is 0 Å². The smallest absolute Gasteiger partial charge is 0.251 e. The zero-order valence-corrected chi connectivity index (χ0v) is 13.8. The van der Waals surface area contributed by atoms with E-state index in [9.17, 15) is 9.59 Å². The molecule has 0 heterocycles. The number of carbonyl (C=O) groups excluding carboxylic acids is 2.